The van der Waals surface area contributed by atoms with Gasteiger partial charge in [-0.05, 0) is 116 Å². The summed E-state index contributed by atoms with van der Waals surface area (Å²) in [5, 5.41) is 5.10. The van der Waals surface area contributed by atoms with Gasteiger partial charge in [0, 0.05) is 42.3 Å². The summed E-state index contributed by atoms with van der Waals surface area (Å²) >= 11 is 1.86. The first-order chi connectivity index (χ1) is 28.0. The lowest BCUT2D eigenvalue weighted by Crippen LogP contribution is -2.17. The van der Waals surface area contributed by atoms with E-state index in [9.17, 15) is 0 Å². The summed E-state index contributed by atoms with van der Waals surface area (Å²) in [6.07, 6.45) is 0. The van der Waals surface area contributed by atoms with Gasteiger partial charge in [-0.2, -0.15) is 0 Å². The average Bonchev–Trinajstić information content (AvgIpc) is 3.75. The zero-order chi connectivity index (χ0) is 38.1. The van der Waals surface area contributed by atoms with Crippen LogP contribution in [0.2, 0.25) is 0 Å². The lowest BCUT2D eigenvalue weighted by molar-refractivity contribution is 0.660. The molecule has 0 spiro atoms. The van der Waals surface area contributed by atoms with Crippen molar-refractivity contribution in [2.75, 3.05) is 4.90 Å². The standard InChI is InChI=1S/C55H39NS/c1-55(2)50-34-40(36-13-5-3-6-14-36)23-28-45(50)46-29-27-42(35-51(46)55)56(52-31-30-43(38-15-7-4-8-16-38)44-17-9-10-18-47(44)52)41-25-21-37(22-26-41)39-24-32-54-49(33-39)48-19-11-12-20-53(48)57-54/h3-35H,1-2H3. The molecule has 1 heterocycles. The Morgan fingerprint density at radius 1 is 0.351 bits per heavy atom. The van der Waals surface area contributed by atoms with Crippen molar-refractivity contribution in [3.05, 3.63) is 211 Å². The molecule has 0 atom stereocenters. The summed E-state index contributed by atoms with van der Waals surface area (Å²) in [5.74, 6) is 0. The van der Waals surface area contributed by atoms with Crippen molar-refractivity contribution in [3.63, 3.8) is 0 Å². The van der Waals surface area contributed by atoms with Crippen LogP contribution in [-0.4, -0.2) is 0 Å². The van der Waals surface area contributed by atoms with E-state index in [4.69, 9.17) is 0 Å². The van der Waals surface area contributed by atoms with Crippen LogP contribution >= 0.6 is 11.3 Å². The predicted octanol–water partition coefficient (Wildman–Crippen LogP) is 16.0. The summed E-state index contributed by atoms with van der Waals surface area (Å²) in [7, 11) is 0. The van der Waals surface area contributed by atoms with Gasteiger partial charge in [0.05, 0.1) is 5.69 Å². The predicted molar refractivity (Wildman–Crippen MR) is 245 cm³/mol. The van der Waals surface area contributed by atoms with Gasteiger partial charge in [0.2, 0.25) is 0 Å². The van der Waals surface area contributed by atoms with Crippen molar-refractivity contribution < 1.29 is 0 Å². The molecule has 0 unspecified atom stereocenters. The van der Waals surface area contributed by atoms with E-state index >= 15 is 0 Å². The lowest BCUT2D eigenvalue weighted by atomic mass is 9.81. The van der Waals surface area contributed by atoms with Gasteiger partial charge in [-0.15, -0.1) is 11.3 Å². The van der Waals surface area contributed by atoms with Crippen LogP contribution in [0.25, 0.3) is 75.5 Å². The van der Waals surface area contributed by atoms with Crippen LogP contribution in [0.3, 0.4) is 0 Å². The first-order valence-corrected chi connectivity index (χ1v) is 20.6. The van der Waals surface area contributed by atoms with Gasteiger partial charge in [-0.3, -0.25) is 0 Å². The van der Waals surface area contributed by atoms with Gasteiger partial charge in [-0.25, -0.2) is 0 Å². The van der Waals surface area contributed by atoms with Crippen molar-refractivity contribution in [1.82, 2.24) is 0 Å². The summed E-state index contributed by atoms with van der Waals surface area (Å²) in [6.45, 7) is 4.76. The van der Waals surface area contributed by atoms with Crippen molar-refractivity contribution in [2.24, 2.45) is 0 Å². The molecule has 270 valence electrons. The SMILES string of the molecule is CC1(C)c2cc(-c3ccccc3)ccc2-c2ccc(N(c3ccc(-c4ccc5sc6ccccc6c5c4)cc3)c3ccc(-c4ccccc4)c4ccccc34)cc21. The third kappa shape index (κ3) is 5.51. The number of hydrogen-bond donors (Lipinski definition) is 0. The highest BCUT2D eigenvalue weighted by Gasteiger charge is 2.36. The average molecular weight is 746 g/mol. The van der Waals surface area contributed by atoms with Crippen molar-refractivity contribution >= 4 is 59.3 Å². The Kier molecular flexibility index (Phi) is 7.77. The van der Waals surface area contributed by atoms with Gasteiger partial charge < -0.3 is 4.90 Å². The molecule has 9 aromatic carbocycles. The minimum atomic E-state index is -0.176. The van der Waals surface area contributed by atoms with Crippen molar-refractivity contribution in [3.8, 4) is 44.5 Å². The highest BCUT2D eigenvalue weighted by atomic mass is 32.1. The van der Waals surface area contributed by atoms with Crippen LogP contribution < -0.4 is 4.90 Å². The number of fused-ring (bicyclic) bond motifs is 7. The Bertz CT molecular complexity index is 3140. The molecular formula is C55H39NS. The number of benzene rings is 9. The van der Waals surface area contributed by atoms with Crippen LogP contribution in [0, 0.1) is 0 Å². The van der Waals surface area contributed by atoms with Gasteiger partial charge in [0.1, 0.15) is 0 Å². The molecule has 0 saturated heterocycles. The molecule has 0 amide bonds. The first kappa shape index (κ1) is 33.6. The van der Waals surface area contributed by atoms with E-state index in [1.807, 2.05) is 11.3 Å². The Morgan fingerprint density at radius 2 is 0.877 bits per heavy atom. The van der Waals surface area contributed by atoms with E-state index in [0.717, 1.165) is 17.1 Å². The molecule has 0 bridgehead atoms. The highest BCUT2D eigenvalue weighted by Crippen LogP contribution is 2.52. The van der Waals surface area contributed by atoms with E-state index in [0.29, 0.717) is 0 Å². The summed E-state index contributed by atoms with van der Waals surface area (Å²) in [6, 6.07) is 73.9. The van der Waals surface area contributed by atoms with E-state index < -0.39 is 0 Å². The highest BCUT2D eigenvalue weighted by molar-refractivity contribution is 7.25. The molecule has 0 radical (unpaired) electrons. The molecule has 57 heavy (non-hydrogen) atoms. The first-order valence-electron chi connectivity index (χ1n) is 19.8. The van der Waals surface area contributed by atoms with E-state index in [-0.39, 0.29) is 5.41 Å². The maximum Gasteiger partial charge on any atom is 0.0540 e. The minimum absolute atomic E-state index is 0.176. The number of thiophene rings is 1. The number of hydrogen-bond acceptors (Lipinski definition) is 2. The molecule has 1 aromatic heterocycles. The normalized spacial score (nSPS) is 12.9. The van der Waals surface area contributed by atoms with Crippen LogP contribution in [0.1, 0.15) is 25.0 Å². The van der Waals surface area contributed by atoms with Gasteiger partial charge in [-0.1, -0.05) is 159 Å². The Balaban J connectivity index is 1.06. The Labute approximate surface area is 337 Å². The fraction of sp³-hybridized carbons (Fsp3) is 0.0545. The summed E-state index contributed by atoms with van der Waals surface area (Å²) in [4.78, 5) is 2.46. The topological polar surface area (TPSA) is 3.24 Å². The van der Waals surface area contributed by atoms with E-state index in [1.54, 1.807) is 0 Å². The zero-order valence-electron chi connectivity index (χ0n) is 31.9. The third-order valence-electron chi connectivity index (χ3n) is 12.1. The Hall–Kier alpha value is -6.74. The Morgan fingerprint density at radius 3 is 1.65 bits per heavy atom. The van der Waals surface area contributed by atoms with Crippen LogP contribution in [-0.2, 0) is 5.41 Å². The van der Waals surface area contributed by atoms with Crippen molar-refractivity contribution in [1.29, 1.82) is 0 Å². The molecule has 2 heteroatoms. The molecule has 11 rings (SSSR count). The molecule has 10 aromatic rings. The van der Waals surface area contributed by atoms with Crippen LogP contribution in [0.15, 0.2) is 200 Å². The summed E-state index contributed by atoms with van der Waals surface area (Å²) in [5.41, 5.74) is 16.0. The number of nitrogens with zero attached hydrogens (tertiary/aromatic N) is 1. The molecule has 1 aliphatic rings. The fourth-order valence-electron chi connectivity index (χ4n) is 9.16. The second-order valence-electron chi connectivity index (χ2n) is 15.7. The third-order valence-corrected chi connectivity index (χ3v) is 13.2. The molecule has 0 fully saturated rings. The molecule has 0 saturated carbocycles. The maximum absolute atomic E-state index is 2.46. The lowest BCUT2D eigenvalue weighted by Gasteiger charge is -2.29. The van der Waals surface area contributed by atoms with Gasteiger partial charge >= 0.3 is 0 Å². The van der Waals surface area contributed by atoms with Gasteiger partial charge in [0.15, 0.2) is 0 Å². The second-order valence-corrected chi connectivity index (χ2v) is 16.8. The molecular weight excluding hydrogens is 707 g/mol. The monoisotopic (exact) mass is 745 g/mol. The largest absolute Gasteiger partial charge is 0.310 e. The molecule has 0 aliphatic heterocycles. The van der Waals surface area contributed by atoms with E-state index in [2.05, 4.69) is 219 Å². The van der Waals surface area contributed by atoms with Crippen molar-refractivity contribution in [2.45, 2.75) is 19.3 Å². The quantitative estimate of drug-likeness (QED) is 0.164. The smallest absolute Gasteiger partial charge is 0.0540 e. The van der Waals surface area contributed by atoms with Crippen LogP contribution in [0.5, 0.6) is 0 Å². The molecule has 1 aliphatic carbocycles. The maximum atomic E-state index is 2.46. The number of anilines is 3. The second kappa shape index (κ2) is 13.2. The van der Waals surface area contributed by atoms with Crippen LogP contribution in [0.4, 0.5) is 17.1 Å². The number of rotatable bonds is 6. The minimum Gasteiger partial charge on any atom is -0.310 e. The molecule has 0 N–H and O–H groups in total. The van der Waals surface area contributed by atoms with E-state index in [1.165, 1.54) is 86.6 Å². The summed E-state index contributed by atoms with van der Waals surface area (Å²) < 4.78 is 2.66. The fourth-order valence-corrected chi connectivity index (χ4v) is 10.2. The van der Waals surface area contributed by atoms with Gasteiger partial charge in [0.25, 0.3) is 0 Å². The zero-order valence-corrected chi connectivity index (χ0v) is 32.7. The molecule has 1 nitrogen and oxygen atoms in total.